The highest BCUT2D eigenvalue weighted by molar-refractivity contribution is 5.77. The summed E-state index contributed by atoms with van der Waals surface area (Å²) < 4.78 is 0. The second kappa shape index (κ2) is 3.23. The van der Waals surface area contributed by atoms with Crippen molar-refractivity contribution >= 4 is 5.97 Å². The van der Waals surface area contributed by atoms with Gasteiger partial charge < -0.3 is 5.11 Å². The standard InChI is InChI=1S/C13H22O2/c1-4-13(9-7-5-6-8-9)10(11(14)15)12(13,2)3/h9-10H,4-8H2,1-3H3,(H,14,15). The van der Waals surface area contributed by atoms with Crippen molar-refractivity contribution in [2.45, 2.75) is 52.9 Å². The van der Waals surface area contributed by atoms with Gasteiger partial charge in [-0.15, -0.1) is 0 Å². The van der Waals surface area contributed by atoms with Gasteiger partial charge in [0.25, 0.3) is 0 Å². The van der Waals surface area contributed by atoms with Crippen molar-refractivity contribution < 1.29 is 9.90 Å². The average Bonchev–Trinajstić information content (AvgIpc) is 2.56. The first-order chi connectivity index (χ1) is 6.98. The summed E-state index contributed by atoms with van der Waals surface area (Å²) in [6, 6.07) is 0. The Morgan fingerprint density at radius 3 is 2.20 bits per heavy atom. The summed E-state index contributed by atoms with van der Waals surface area (Å²) in [7, 11) is 0. The van der Waals surface area contributed by atoms with Crippen LogP contribution in [0.3, 0.4) is 0 Å². The van der Waals surface area contributed by atoms with Crippen LogP contribution in [0.1, 0.15) is 52.9 Å². The van der Waals surface area contributed by atoms with Crippen LogP contribution < -0.4 is 0 Å². The highest BCUT2D eigenvalue weighted by Gasteiger charge is 2.75. The number of hydrogen-bond acceptors (Lipinski definition) is 1. The number of carboxylic acids is 1. The lowest BCUT2D eigenvalue weighted by Crippen LogP contribution is -2.20. The summed E-state index contributed by atoms with van der Waals surface area (Å²) in [6.07, 6.45) is 6.13. The van der Waals surface area contributed by atoms with E-state index >= 15 is 0 Å². The van der Waals surface area contributed by atoms with Gasteiger partial charge in [0.1, 0.15) is 0 Å². The van der Waals surface area contributed by atoms with Gasteiger partial charge in [0.15, 0.2) is 0 Å². The molecule has 0 amide bonds. The summed E-state index contributed by atoms with van der Waals surface area (Å²) in [4.78, 5) is 11.3. The van der Waals surface area contributed by atoms with E-state index in [4.69, 9.17) is 0 Å². The van der Waals surface area contributed by atoms with Crippen molar-refractivity contribution in [1.82, 2.24) is 0 Å². The van der Waals surface area contributed by atoms with E-state index in [0.29, 0.717) is 5.92 Å². The Morgan fingerprint density at radius 1 is 1.33 bits per heavy atom. The van der Waals surface area contributed by atoms with Gasteiger partial charge in [-0.25, -0.2) is 0 Å². The molecule has 2 rings (SSSR count). The first kappa shape index (κ1) is 11.0. The first-order valence-electron chi connectivity index (χ1n) is 6.21. The molecule has 2 atom stereocenters. The number of rotatable bonds is 3. The fourth-order valence-corrected chi connectivity index (χ4v) is 4.57. The van der Waals surface area contributed by atoms with Crippen molar-refractivity contribution in [2.24, 2.45) is 22.7 Å². The van der Waals surface area contributed by atoms with Gasteiger partial charge in [-0.3, -0.25) is 4.79 Å². The lowest BCUT2D eigenvalue weighted by Gasteiger charge is -2.25. The maximum atomic E-state index is 11.3. The minimum absolute atomic E-state index is 0.0165. The van der Waals surface area contributed by atoms with Crippen LogP contribution in [0.2, 0.25) is 0 Å². The van der Waals surface area contributed by atoms with E-state index in [1.165, 1.54) is 25.7 Å². The van der Waals surface area contributed by atoms with Gasteiger partial charge in [-0.05, 0) is 36.0 Å². The highest BCUT2D eigenvalue weighted by atomic mass is 16.4. The Labute approximate surface area is 92.1 Å². The van der Waals surface area contributed by atoms with Gasteiger partial charge in [-0.2, -0.15) is 0 Å². The SMILES string of the molecule is CCC1(C2CCCC2)C(C(=O)O)C1(C)C. The molecule has 86 valence electrons. The number of carbonyl (C=O) groups is 1. The number of hydrogen-bond donors (Lipinski definition) is 1. The minimum atomic E-state index is -0.575. The topological polar surface area (TPSA) is 37.3 Å². The van der Waals surface area contributed by atoms with E-state index in [1.54, 1.807) is 0 Å². The third-order valence-corrected chi connectivity index (χ3v) is 5.27. The van der Waals surface area contributed by atoms with Crippen molar-refractivity contribution in [3.8, 4) is 0 Å². The average molecular weight is 210 g/mol. The quantitative estimate of drug-likeness (QED) is 0.776. The first-order valence-corrected chi connectivity index (χ1v) is 6.21. The van der Waals surface area contributed by atoms with Crippen LogP contribution in [-0.4, -0.2) is 11.1 Å². The Hall–Kier alpha value is -0.530. The third-order valence-electron chi connectivity index (χ3n) is 5.27. The van der Waals surface area contributed by atoms with Crippen LogP contribution in [0, 0.1) is 22.7 Å². The molecule has 2 unspecified atom stereocenters. The molecule has 0 saturated heterocycles. The molecule has 2 aliphatic rings. The van der Waals surface area contributed by atoms with Crippen LogP contribution in [0.25, 0.3) is 0 Å². The largest absolute Gasteiger partial charge is 0.481 e. The van der Waals surface area contributed by atoms with Gasteiger partial charge in [0.05, 0.1) is 5.92 Å². The van der Waals surface area contributed by atoms with Gasteiger partial charge >= 0.3 is 5.97 Å². The number of aliphatic carboxylic acids is 1. The van der Waals surface area contributed by atoms with E-state index in [2.05, 4.69) is 20.8 Å². The second-order valence-corrected chi connectivity index (χ2v) is 5.87. The lowest BCUT2D eigenvalue weighted by molar-refractivity contribution is -0.140. The van der Waals surface area contributed by atoms with Crippen LogP contribution >= 0.6 is 0 Å². The lowest BCUT2D eigenvalue weighted by atomic mass is 9.79. The Kier molecular flexibility index (Phi) is 2.36. The zero-order valence-corrected chi connectivity index (χ0v) is 10.0. The molecule has 0 aliphatic heterocycles. The molecule has 1 N–H and O–H groups in total. The maximum absolute atomic E-state index is 11.3. The molecule has 0 spiro atoms. The normalized spacial score (nSPS) is 39.3. The maximum Gasteiger partial charge on any atom is 0.307 e. The molecule has 0 bridgehead atoms. The third kappa shape index (κ3) is 1.20. The monoisotopic (exact) mass is 210 g/mol. The molecule has 0 heterocycles. The van der Waals surface area contributed by atoms with E-state index in [-0.39, 0.29) is 16.7 Å². The van der Waals surface area contributed by atoms with Crippen molar-refractivity contribution in [1.29, 1.82) is 0 Å². The summed E-state index contributed by atoms with van der Waals surface area (Å²) >= 11 is 0. The van der Waals surface area contributed by atoms with Gasteiger partial charge in [0, 0.05) is 0 Å². The van der Waals surface area contributed by atoms with E-state index in [9.17, 15) is 9.90 Å². The van der Waals surface area contributed by atoms with E-state index in [1.807, 2.05) is 0 Å². The minimum Gasteiger partial charge on any atom is -0.481 e. The summed E-state index contributed by atoms with van der Waals surface area (Å²) in [6.45, 7) is 6.46. The molecule has 2 fully saturated rings. The van der Waals surface area contributed by atoms with Gasteiger partial charge in [-0.1, -0.05) is 33.6 Å². The van der Waals surface area contributed by atoms with E-state index < -0.39 is 5.97 Å². The summed E-state index contributed by atoms with van der Waals surface area (Å²) in [5.74, 6) is -0.00884. The molecule has 0 aromatic rings. The Bertz CT molecular complexity index is 276. The van der Waals surface area contributed by atoms with Crippen molar-refractivity contribution in [3.05, 3.63) is 0 Å². The summed E-state index contributed by atoms with van der Waals surface area (Å²) in [5, 5.41) is 9.32. The van der Waals surface area contributed by atoms with Crippen LogP contribution in [-0.2, 0) is 4.79 Å². The van der Waals surface area contributed by atoms with Gasteiger partial charge in [0.2, 0.25) is 0 Å². The summed E-state index contributed by atoms with van der Waals surface area (Å²) in [5.41, 5.74) is 0.123. The molecule has 2 saturated carbocycles. The molecule has 0 radical (unpaired) electrons. The molecule has 0 aromatic carbocycles. The number of carboxylic acid groups (broad SMARTS) is 1. The second-order valence-electron chi connectivity index (χ2n) is 5.87. The fourth-order valence-electron chi connectivity index (χ4n) is 4.57. The predicted octanol–water partition coefficient (Wildman–Crippen LogP) is 3.31. The van der Waals surface area contributed by atoms with Crippen molar-refractivity contribution in [3.63, 3.8) is 0 Å². The molecule has 2 aliphatic carbocycles. The smallest absolute Gasteiger partial charge is 0.307 e. The molecule has 15 heavy (non-hydrogen) atoms. The molecule has 2 nitrogen and oxygen atoms in total. The molecular weight excluding hydrogens is 188 g/mol. The molecule has 0 aromatic heterocycles. The van der Waals surface area contributed by atoms with Crippen molar-refractivity contribution in [2.75, 3.05) is 0 Å². The van der Waals surface area contributed by atoms with Crippen LogP contribution in [0.15, 0.2) is 0 Å². The van der Waals surface area contributed by atoms with E-state index in [0.717, 1.165) is 6.42 Å². The predicted molar refractivity (Wildman–Crippen MR) is 59.6 cm³/mol. The Morgan fingerprint density at radius 2 is 1.87 bits per heavy atom. The Balaban J connectivity index is 2.27. The van der Waals surface area contributed by atoms with Crippen LogP contribution in [0.4, 0.5) is 0 Å². The fraction of sp³-hybridized carbons (Fsp3) is 0.923. The molecular formula is C13H22O2. The highest BCUT2D eigenvalue weighted by Crippen LogP contribution is 2.76. The molecule has 2 heteroatoms. The zero-order chi connectivity index (χ0) is 11.3. The zero-order valence-electron chi connectivity index (χ0n) is 10.0. The van der Waals surface area contributed by atoms with Crippen LogP contribution in [0.5, 0.6) is 0 Å².